The van der Waals surface area contributed by atoms with Crippen LogP contribution in [0.4, 0.5) is 5.82 Å². The predicted molar refractivity (Wildman–Crippen MR) is 108 cm³/mol. The molecule has 2 aromatic rings. The summed E-state index contributed by atoms with van der Waals surface area (Å²) in [5.41, 5.74) is 1.40. The highest BCUT2D eigenvalue weighted by atomic mass is 32.2. The molecular formula is C19H27N4O2S2+. The molecule has 146 valence electrons. The van der Waals surface area contributed by atoms with Gasteiger partial charge in [-0.2, -0.15) is 0 Å². The zero-order valence-electron chi connectivity index (χ0n) is 15.6. The molecule has 0 spiro atoms. The number of aromatic nitrogens is 2. The Labute approximate surface area is 164 Å². The topological polar surface area (TPSA) is 76.4 Å². The Kier molecular flexibility index (Phi) is 4.60. The van der Waals surface area contributed by atoms with Crippen LogP contribution < -0.4 is 10.2 Å². The summed E-state index contributed by atoms with van der Waals surface area (Å²) in [5, 5.41) is 4.66. The Morgan fingerprint density at radius 2 is 1.96 bits per heavy atom. The number of nitrogens with zero attached hydrogens (tertiary/aromatic N) is 2. The number of likely N-dealkylation sites (tertiary alicyclic amines) is 1. The third kappa shape index (κ3) is 3.59. The van der Waals surface area contributed by atoms with Crippen molar-refractivity contribution >= 4 is 37.2 Å². The SMILES string of the molecule is O=S1(=O)CC[C@@H](Nc2nc(C[NH+]3CCCCC3)nc3sc4c(c23)CCC4)C1. The lowest BCUT2D eigenvalue weighted by molar-refractivity contribution is -0.919. The molecule has 1 atom stereocenters. The molecule has 6 nitrogen and oxygen atoms in total. The van der Waals surface area contributed by atoms with E-state index in [0.717, 1.165) is 41.2 Å². The van der Waals surface area contributed by atoms with E-state index in [4.69, 9.17) is 9.97 Å². The molecule has 0 saturated carbocycles. The predicted octanol–water partition coefficient (Wildman–Crippen LogP) is 1.35. The van der Waals surface area contributed by atoms with Gasteiger partial charge in [0.25, 0.3) is 0 Å². The smallest absolute Gasteiger partial charge is 0.187 e. The number of fused-ring (bicyclic) bond motifs is 3. The lowest BCUT2D eigenvalue weighted by Crippen LogP contribution is -3.11. The molecule has 27 heavy (non-hydrogen) atoms. The fourth-order valence-corrected chi connectivity index (χ4v) is 7.73. The Balaban J connectivity index is 1.49. The number of piperidine rings is 1. The molecule has 8 heteroatoms. The first-order chi connectivity index (χ1) is 13.1. The summed E-state index contributed by atoms with van der Waals surface area (Å²) in [6.45, 7) is 3.27. The van der Waals surface area contributed by atoms with Crippen LogP contribution in [-0.4, -0.2) is 49.0 Å². The third-order valence-electron chi connectivity index (χ3n) is 6.15. The van der Waals surface area contributed by atoms with Gasteiger partial charge < -0.3 is 10.2 Å². The van der Waals surface area contributed by atoms with Crippen molar-refractivity contribution in [2.45, 2.75) is 57.5 Å². The van der Waals surface area contributed by atoms with Crippen molar-refractivity contribution in [2.75, 3.05) is 29.9 Å². The zero-order valence-corrected chi connectivity index (χ0v) is 17.2. The van der Waals surface area contributed by atoms with E-state index in [-0.39, 0.29) is 17.5 Å². The lowest BCUT2D eigenvalue weighted by Gasteiger charge is -2.23. The first kappa shape index (κ1) is 17.8. The number of quaternary nitrogens is 1. The van der Waals surface area contributed by atoms with Gasteiger partial charge in [0.15, 0.2) is 15.7 Å². The average Bonchev–Trinajstić information content (AvgIpc) is 3.30. The van der Waals surface area contributed by atoms with Crippen LogP contribution in [0.15, 0.2) is 0 Å². The Morgan fingerprint density at radius 3 is 2.74 bits per heavy atom. The molecule has 4 heterocycles. The maximum atomic E-state index is 11.9. The van der Waals surface area contributed by atoms with Crippen molar-refractivity contribution in [3.05, 3.63) is 16.3 Å². The lowest BCUT2D eigenvalue weighted by atomic mass is 10.1. The van der Waals surface area contributed by atoms with Crippen LogP contribution in [-0.2, 0) is 29.2 Å². The summed E-state index contributed by atoms with van der Waals surface area (Å²) >= 11 is 1.82. The molecule has 3 aliphatic rings. The number of rotatable bonds is 4. The fourth-order valence-electron chi connectivity index (χ4n) is 4.78. The first-order valence-electron chi connectivity index (χ1n) is 10.2. The van der Waals surface area contributed by atoms with Gasteiger partial charge in [0.1, 0.15) is 17.2 Å². The number of anilines is 1. The normalized spacial score (nSPS) is 25.1. The van der Waals surface area contributed by atoms with Gasteiger partial charge in [0.2, 0.25) is 0 Å². The van der Waals surface area contributed by atoms with Gasteiger partial charge in [-0.15, -0.1) is 11.3 Å². The average molecular weight is 408 g/mol. The van der Waals surface area contributed by atoms with Crippen molar-refractivity contribution in [2.24, 2.45) is 0 Å². The van der Waals surface area contributed by atoms with Crippen LogP contribution in [0.25, 0.3) is 10.2 Å². The summed E-state index contributed by atoms with van der Waals surface area (Å²) in [5.74, 6) is 2.29. The van der Waals surface area contributed by atoms with Gasteiger partial charge in [0, 0.05) is 10.9 Å². The monoisotopic (exact) mass is 407 g/mol. The quantitative estimate of drug-likeness (QED) is 0.800. The summed E-state index contributed by atoms with van der Waals surface area (Å²) in [6, 6.07) is -0.0276. The van der Waals surface area contributed by atoms with E-state index in [0.29, 0.717) is 6.42 Å². The van der Waals surface area contributed by atoms with Gasteiger partial charge in [-0.1, -0.05) is 0 Å². The first-order valence-corrected chi connectivity index (χ1v) is 12.8. The van der Waals surface area contributed by atoms with Gasteiger partial charge in [0.05, 0.1) is 30.0 Å². The maximum Gasteiger partial charge on any atom is 0.187 e. The van der Waals surface area contributed by atoms with E-state index in [1.54, 1.807) is 4.90 Å². The highest BCUT2D eigenvalue weighted by Crippen LogP contribution is 2.40. The summed E-state index contributed by atoms with van der Waals surface area (Å²) in [4.78, 5) is 14.0. The minimum Gasteiger partial charge on any atom is -0.366 e. The van der Waals surface area contributed by atoms with Crippen LogP contribution in [0.5, 0.6) is 0 Å². The Morgan fingerprint density at radius 1 is 1.11 bits per heavy atom. The van der Waals surface area contributed by atoms with Crippen LogP contribution in [0.3, 0.4) is 0 Å². The molecule has 0 amide bonds. The van der Waals surface area contributed by atoms with Crippen molar-refractivity contribution in [1.29, 1.82) is 0 Å². The molecule has 2 aliphatic heterocycles. The van der Waals surface area contributed by atoms with Crippen molar-refractivity contribution in [1.82, 2.24) is 9.97 Å². The molecule has 0 radical (unpaired) electrons. The van der Waals surface area contributed by atoms with Crippen molar-refractivity contribution < 1.29 is 13.3 Å². The minimum absolute atomic E-state index is 0.0276. The molecule has 2 N–H and O–H groups in total. The highest BCUT2D eigenvalue weighted by molar-refractivity contribution is 7.91. The van der Waals surface area contributed by atoms with Crippen molar-refractivity contribution in [3.63, 3.8) is 0 Å². The second kappa shape index (κ2) is 6.97. The van der Waals surface area contributed by atoms with E-state index in [2.05, 4.69) is 5.32 Å². The van der Waals surface area contributed by atoms with E-state index >= 15 is 0 Å². The number of hydrogen-bond donors (Lipinski definition) is 2. The van der Waals surface area contributed by atoms with Crippen molar-refractivity contribution in [3.8, 4) is 0 Å². The largest absolute Gasteiger partial charge is 0.366 e. The van der Waals surface area contributed by atoms with Gasteiger partial charge in [-0.3, -0.25) is 0 Å². The second-order valence-electron chi connectivity index (χ2n) is 8.26. The standard InChI is InChI=1S/C19H26N4O2S2/c24-27(25)10-7-13(12-27)20-18-17-14-5-4-6-15(14)26-19(17)22-16(21-18)11-23-8-2-1-3-9-23/h13H,1-12H2,(H,20,21,22)/p+1/t13-/m1/s1. The summed E-state index contributed by atoms with van der Waals surface area (Å²) < 4.78 is 23.8. The molecule has 2 fully saturated rings. The number of nitrogens with one attached hydrogen (secondary N) is 2. The molecule has 5 rings (SSSR count). The number of thiophene rings is 1. The molecule has 2 aromatic heterocycles. The van der Waals surface area contributed by atoms with Crippen LogP contribution in [0.2, 0.25) is 0 Å². The third-order valence-corrected chi connectivity index (χ3v) is 9.11. The van der Waals surface area contributed by atoms with Crippen LogP contribution >= 0.6 is 11.3 Å². The maximum absolute atomic E-state index is 11.9. The number of hydrogen-bond acceptors (Lipinski definition) is 6. The number of sulfone groups is 1. The van der Waals surface area contributed by atoms with Gasteiger partial charge >= 0.3 is 0 Å². The van der Waals surface area contributed by atoms with E-state index in [9.17, 15) is 8.42 Å². The minimum atomic E-state index is -2.91. The van der Waals surface area contributed by atoms with E-state index in [1.165, 1.54) is 49.2 Å². The number of aryl methyl sites for hydroxylation is 2. The second-order valence-corrected chi connectivity index (χ2v) is 11.6. The molecular weight excluding hydrogens is 380 g/mol. The summed E-state index contributed by atoms with van der Waals surface area (Å²) in [7, 11) is -2.91. The van der Waals surface area contributed by atoms with E-state index < -0.39 is 9.84 Å². The molecule has 1 aliphatic carbocycles. The van der Waals surface area contributed by atoms with E-state index in [1.807, 2.05) is 11.3 Å². The molecule has 0 aromatic carbocycles. The Hall–Kier alpha value is -1.25. The Bertz CT molecular complexity index is 964. The summed E-state index contributed by atoms with van der Waals surface area (Å²) in [6.07, 6.45) is 8.02. The molecule has 0 bridgehead atoms. The van der Waals surface area contributed by atoms with Gasteiger partial charge in [-0.25, -0.2) is 18.4 Å². The van der Waals surface area contributed by atoms with Crippen LogP contribution in [0, 0.1) is 0 Å². The highest BCUT2D eigenvalue weighted by Gasteiger charge is 2.30. The fraction of sp³-hybridized carbons (Fsp3) is 0.684. The molecule has 2 saturated heterocycles. The van der Waals surface area contributed by atoms with Crippen LogP contribution in [0.1, 0.15) is 48.4 Å². The van der Waals surface area contributed by atoms with Gasteiger partial charge in [-0.05, 0) is 50.5 Å². The molecule has 0 unspecified atom stereocenters. The zero-order chi connectivity index (χ0) is 18.4.